The van der Waals surface area contributed by atoms with Gasteiger partial charge in [0.25, 0.3) is 5.78 Å². The van der Waals surface area contributed by atoms with Crippen LogP contribution in [-0.2, 0) is 14.3 Å². The molecule has 1 amide bonds. The minimum Gasteiger partial charge on any atom is -0.507 e. The van der Waals surface area contributed by atoms with Gasteiger partial charge < -0.3 is 24.4 Å². The summed E-state index contributed by atoms with van der Waals surface area (Å²) in [6.45, 7) is 3.78. The quantitative estimate of drug-likeness (QED) is 0.170. The summed E-state index contributed by atoms with van der Waals surface area (Å²) in [6.07, 6.45) is 0. The van der Waals surface area contributed by atoms with Crippen molar-refractivity contribution in [2.24, 2.45) is 0 Å². The first-order chi connectivity index (χ1) is 18.1. The lowest BCUT2D eigenvalue weighted by Gasteiger charge is -2.24. The number of Topliss-reactive ketones (excluding diaryl/α,β-unsaturated/α-hetero) is 1. The van der Waals surface area contributed by atoms with Crippen molar-refractivity contribution < 1.29 is 38.8 Å². The lowest BCUT2D eigenvalue weighted by molar-refractivity contribution is -0.132. The van der Waals surface area contributed by atoms with Gasteiger partial charge in [-0.1, -0.05) is 23.5 Å². The van der Waals surface area contributed by atoms with E-state index < -0.39 is 29.5 Å². The van der Waals surface area contributed by atoms with Crippen molar-refractivity contribution in [3.05, 3.63) is 68.1 Å². The summed E-state index contributed by atoms with van der Waals surface area (Å²) in [6, 6.07) is 8.27. The lowest BCUT2D eigenvalue weighted by atomic mass is 9.95. The maximum atomic E-state index is 13.4. The third-order valence-electron chi connectivity index (χ3n) is 5.81. The van der Waals surface area contributed by atoms with Crippen LogP contribution in [0.3, 0.4) is 0 Å². The fourth-order valence-electron chi connectivity index (χ4n) is 4.08. The molecule has 10 nitrogen and oxygen atoms in total. The van der Waals surface area contributed by atoms with E-state index >= 15 is 0 Å². The first-order valence-corrected chi connectivity index (χ1v) is 12.9. The van der Waals surface area contributed by atoms with Gasteiger partial charge in [-0.15, -0.1) is 0 Å². The molecular weight excluding hydrogens is 580 g/mol. The minimum atomic E-state index is -1.17. The average Bonchev–Trinajstić information content (AvgIpc) is 3.41. The zero-order valence-electron chi connectivity index (χ0n) is 20.8. The number of aryl methyl sites for hydroxylation is 1. The van der Waals surface area contributed by atoms with Crippen LogP contribution in [0, 0.1) is 6.92 Å². The van der Waals surface area contributed by atoms with Crippen molar-refractivity contribution in [2.45, 2.75) is 19.9 Å². The highest BCUT2D eigenvalue weighted by Crippen LogP contribution is 2.47. The second-order valence-corrected chi connectivity index (χ2v) is 9.92. The number of methoxy groups -OCH3 is 2. The number of carbonyl (C=O) groups is 3. The molecule has 4 rings (SSSR count). The number of aromatic nitrogens is 1. The predicted octanol–water partition coefficient (Wildman–Crippen LogP) is 4.74. The molecule has 0 radical (unpaired) electrons. The van der Waals surface area contributed by atoms with Gasteiger partial charge in [0.2, 0.25) is 0 Å². The summed E-state index contributed by atoms with van der Waals surface area (Å²) >= 11 is 4.16. The van der Waals surface area contributed by atoms with Crippen LogP contribution in [0.4, 0.5) is 5.13 Å². The Morgan fingerprint density at radius 1 is 1.21 bits per heavy atom. The number of thiazole rings is 1. The third kappa shape index (κ3) is 4.72. The maximum Gasteiger partial charge on any atom is 0.350 e. The molecule has 0 spiro atoms. The number of benzene rings is 2. The van der Waals surface area contributed by atoms with E-state index in [1.807, 2.05) is 6.92 Å². The summed E-state index contributed by atoms with van der Waals surface area (Å²) in [5.41, 5.74) is 0.692. The highest BCUT2D eigenvalue weighted by molar-refractivity contribution is 9.10. The molecule has 1 aromatic heterocycles. The Morgan fingerprint density at radius 2 is 1.95 bits per heavy atom. The molecule has 1 unspecified atom stereocenters. The third-order valence-corrected chi connectivity index (χ3v) is 7.55. The molecule has 0 saturated carbocycles. The number of phenolic OH excluding ortho intramolecular Hbond substituents is 1. The number of aliphatic hydroxyl groups excluding tert-OH is 1. The maximum absolute atomic E-state index is 13.4. The summed E-state index contributed by atoms with van der Waals surface area (Å²) < 4.78 is 15.8. The molecule has 3 aromatic rings. The zero-order chi connectivity index (χ0) is 27.7. The molecular formula is C26H23BrN2O8S. The lowest BCUT2D eigenvalue weighted by Crippen LogP contribution is -2.29. The van der Waals surface area contributed by atoms with Gasteiger partial charge in [-0.25, -0.2) is 9.78 Å². The van der Waals surface area contributed by atoms with Crippen molar-refractivity contribution in [1.29, 1.82) is 0 Å². The Morgan fingerprint density at radius 3 is 2.61 bits per heavy atom. The number of esters is 1. The van der Waals surface area contributed by atoms with Gasteiger partial charge in [0.1, 0.15) is 16.4 Å². The monoisotopic (exact) mass is 602 g/mol. The number of anilines is 1. The molecule has 2 N–H and O–H groups in total. The molecule has 38 heavy (non-hydrogen) atoms. The zero-order valence-corrected chi connectivity index (χ0v) is 23.2. The van der Waals surface area contributed by atoms with Gasteiger partial charge in [0, 0.05) is 5.56 Å². The van der Waals surface area contributed by atoms with E-state index in [0.29, 0.717) is 23.6 Å². The summed E-state index contributed by atoms with van der Waals surface area (Å²) in [5, 5.41) is 21.8. The molecule has 1 fully saturated rings. The Labute approximate surface area is 230 Å². The number of nitrogens with zero attached hydrogens (tertiary/aromatic N) is 2. The van der Waals surface area contributed by atoms with E-state index in [1.54, 1.807) is 31.2 Å². The summed E-state index contributed by atoms with van der Waals surface area (Å²) in [5.74, 6) is -2.62. The van der Waals surface area contributed by atoms with Gasteiger partial charge in [0.15, 0.2) is 16.6 Å². The molecule has 0 aliphatic carbocycles. The van der Waals surface area contributed by atoms with Crippen molar-refractivity contribution in [1.82, 2.24) is 4.98 Å². The van der Waals surface area contributed by atoms with Crippen LogP contribution in [-0.4, -0.2) is 53.7 Å². The van der Waals surface area contributed by atoms with Crippen molar-refractivity contribution in [3.8, 4) is 17.2 Å². The number of carbonyl (C=O) groups excluding carboxylic acids is 3. The van der Waals surface area contributed by atoms with Crippen LogP contribution in [0.1, 0.15) is 39.5 Å². The van der Waals surface area contributed by atoms with Crippen LogP contribution in [0.5, 0.6) is 17.2 Å². The predicted molar refractivity (Wildman–Crippen MR) is 143 cm³/mol. The van der Waals surface area contributed by atoms with E-state index in [1.165, 1.54) is 26.4 Å². The fourth-order valence-corrected chi connectivity index (χ4v) is 5.55. The number of aromatic hydroxyl groups is 1. The normalized spacial score (nSPS) is 16.6. The molecule has 0 bridgehead atoms. The van der Waals surface area contributed by atoms with E-state index in [-0.39, 0.29) is 37.1 Å². The molecule has 12 heteroatoms. The van der Waals surface area contributed by atoms with Gasteiger partial charge in [-0.05, 0) is 59.6 Å². The van der Waals surface area contributed by atoms with Gasteiger partial charge in [0.05, 0.1) is 42.6 Å². The molecule has 1 aliphatic rings. The second-order valence-electron chi connectivity index (χ2n) is 8.09. The second kappa shape index (κ2) is 10.8. The largest absolute Gasteiger partial charge is 0.507 e. The van der Waals surface area contributed by atoms with Gasteiger partial charge >= 0.3 is 11.9 Å². The van der Waals surface area contributed by atoms with Crippen molar-refractivity contribution in [2.75, 3.05) is 25.7 Å². The number of halogens is 1. The topological polar surface area (TPSA) is 135 Å². The number of aliphatic hydroxyl groups is 1. The van der Waals surface area contributed by atoms with Gasteiger partial charge in [-0.3, -0.25) is 14.5 Å². The highest BCUT2D eigenvalue weighted by atomic mass is 79.9. The standard InChI is InChI=1S/C26H23BrN2O8S/c1-5-37-15-8-6-7-13(9-15)20(30)18-19(14-10-16(27)21(31)17(11-14)35-3)29(24(33)22(18)32)26-28-12(2)23(38-26)25(34)36-4/h6-11,19,30-31H,5H2,1-4H3/b20-18+. The van der Waals surface area contributed by atoms with Gasteiger partial charge in [-0.2, -0.15) is 0 Å². The fraction of sp³-hybridized carbons (Fsp3) is 0.231. The molecule has 1 saturated heterocycles. The number of phenols is 1. The van der Waals surface area contributed by atoms with E-state index in [9.17, 15) is 24.6 Å². The molecule has 1 atom stereocenters. The Balaban J connectivity index is 1.98. The molecule has 2 heterocycles. The number of amides is 1. The van der Waals surface area contributed by atoms with E-state index in [2.05, 4.69) is 20.9 Å². The number of ketones is 1. The highest BCUT2D eigenvalue weighted by Gasteiger charge is 2.49. The van der Waals surface area contributed by atoms with Crippen LogP contribution < -0.4 is 14.4 Å². The van der Waals surface area contributed by atoms with Crippen LogP contribution in [0.2, 0.25) is 0 Å². The van der Waals surface area contributed by atoms with Crippen LogP contribution in [0.15, 0.2) is 46.4 Å². The smallest absolute Gasteiger partial charge is 0.350 e. The Bertz CT molecular complexity index is 1480. The average molecular weight is 603 g/mol. The number of ether oxygens (including phenoxy) is 3. The first kappa shape index (κ1) is 27.1. The minimum absolute atomic E-state index is 0.0558. The first-order valence-electron chi connectivity index (χ1n) is 11.3. The van der Waals surface area contributed by atoms with E-state index in [0.717, 1.165) is 16.2 Å². The van der Waals surface area contributed by atoms with E-state index in [4.69, 9.17) is 14.2 Å². The molecule has 198 valence electrons. The van der Waals surface area contributed by atoms with Crippen LogP contribution >= 0.6 is 27.3 Å². The van der Waals surface area contributed by atoms with Crippen LogP contribution in [0.25, 0.3) is 5.76 Å². The SMILES string of the molecule is CCOc1cccc(/C(O)=C2\C(=O)C(=O)N(c3nc(C)c(C(=O)OC)s3)C2c2cc(Br)c(O)c(OC)c2)c1. The summed E-state index contributed by atoms with van der Waals surface area (Å²) in [7, 11) is 2.58. The summed E-state index contributed by atoms with van der Waals surface area (Å²) in [4.78, 5) is 44.8. The Kier molecular flexibility index (Phi) is 7.74. The molecule has 2 aromatic carbocycles. The number of hydrogen-bond donors (Lipinski definition) is 2. The Hall–Kier alpha value is -3.90. The number of rotatable bonds is 7. The van der Waals surface area contributed by atoms with Crippen molar-refractivity contribution >= 4 is 55.8 Å². The molecule has 1 aliphatic heterocycles. The number of hydrogen-bond acceptors (Lipinski definition) is 10. The van der Waals surface area contributed by atoms with Crippen molar-refractivity contribution in [3.63, 3.8) is 0 Å².